The molecule has 0 radical (unpaired) electrons. The molecule has 1 amide bonds. The zero-order valence-electron chi connectivity index (χ0n) is 17.0. The Morgan fingerprint density at radius 1 is 1.33 bits per heavy atom. The van der Waals surface area contributed by atoms with Gasteiger partial charge in [-0.2, -0.15) is 5.10 Å². The van der Waals surface area contributed by atoms with Crippen LogP contribution in [0.1, 0.15) is 65.6 Å². The van der Waals surface area contributed by atoms with Gasteiger partial charge in [-0.05, 0) is 25.2 Å². The molecular weight excluding hydrogens is 350 g/mol. The second kappa shape index (κ2) is 7.40. The molecule has 1 fully saturated rings. The molecule has 1 saturated heterocycles. The standard InChI is InChI=1S/C20H32F2N4O/c1-12(2)19(27)25-8-6-7-13(11-25)14-9-15(18(21)22)26-17(23-14)10-16(24-26)20(3,4)5/h10,12-15,18,23H,6-9,11H2,1-5H3/t13?,14-,15+/m0/s1. The predicted molar refractivity (Wildman–Crippen MR) is 102 cm³/mol. The summed E-state index contributed by atoms with van der Waals surface area (Å²) in [4.78, 5) is 14.3. The van der Waals surface area contributed by atoms with Crippen molar-refractivity contribution in [2.45, 2.75) is 77.8 Å². The summed E-state index contributed by atoms with van der Waals surface area (Å²) in [5, 5.41) is 7.94. The molecular formula is C20H32F2N4O. The number of piperidine rings is 1. The molecule has 0 saturated carbocycles. The van der Waals surface area contributed by atoms with E-state index >= 15 is 0 Å². The second-order valence-corrected chi connectivity index (χ2v) is 9.34. The van der Waals surface area contributed by atoms with Crippen molar-refractivity contribution >= 4 is 11.7 Å². The monoisotopic (exact) mass is 382 g/mol. The smallest absolute Gasteiger partial charge is 0.260 e. The Balaban J connectivity index is 1.82. The zero-order chi connectivity index (χ0) is 19.9. The van der Waals surface area contributed by atoms with E-state index in [0.29, 0.717) is 18.8 Å². The third-order valence-corrected chi connectivity index (χ3v) is 5.77. The van der Waals surface area contributed by atoms with Crippen LogP contribution in [-0.2, 0) is 10.2 Å². The van der Waals surface area contributed by atoms with Gasteiger partial charge < -0.3 is 10.2 Å². The van der Waals surface area contributed by atoms with Crippen molar-refractivity contribution < 1.29 is 13.6 Å². The summed E-state index contributed by atoms with van der Waals surface area (Å²) >= 11 is 0. The van der Waals surface area contributed by atoms with Crippen LogP contribution in [0.5, 0.6) is 0 Å². The highest BCUT2D eigenvalue weighted by Gasteiger charge is 2.39. The van der Waals surface area contributed by atoms with E-state index in [1.165, 1.54) is 4.68 Å². The van der Waals surface area contributed by atoms with Gasteiger partial charge in [0.1, 0.15) is 11.9 Å². The third kappa shape index (κ3) is 4.11. The predicted octanol–water partition coefficient (Wildman–Crippen LogP) is 4.07. The van der Waals surface area contributed by atoms with Crippen LogP contribution in [0, 0.1) is 11.8 Å². The molecule has 1 aromatic rings. The molecule has 0 spiro atoms. The molecule has 0 bridgehead atoms. The largest absolute Gasteiger partial charge is 0.367 e. The van der Waals surface area contributed by atoms with Crippen molar-refractivity contribution in [1.29, 1.82) is 0 Å². The summed E-state index contributed by atoms with van der Waals surface area (Å²) in [5.74, 6) is 0.979. The van der Waals surface area contributed by atoms with Gasteiger partial charge in [-0.15, -0.1) is 0 Å². The first kappa shape index (κ1) is 20.1. The van der Waals surface area contributed by atoms with Crippen LogP contribution in [0.4, 0.5) is 14.6 Å². The number of amides is 1. The first-order valence-corrected chi connectivity index (χ1v) is 10.0. The normalized spacial score (nSPS) is 26.3. The molecule has 152 valence electrons. The number of likely N-dealkylation sites (tertiary alicyclic amines) is 1. The summed E-state index contributed by atoms with van der Waals surface area (Å²) in [6, 6.07) is 0.920. The number of nitrogens with zero attached hydrogens (tertiary/aromatic N) is 3. The zero-order valence-corrected chi connectivity index (χ0v) is 17.0. The summed E-state index contributed by atoms with van der Waals surface area (Å²) in [7, 11) is 0. The molecule has 0 aliphatic carbocycles. The average molecular weight is 382 g/mol. The van der Waals surface area contributed by atoms with Gasteiger partial charge in [0.25, 0.3) is 6.43 Å². The lowest BCUT2D eigenvalue weighted by Gasteiger charge is -2.41. The number of nitrogens with one attached hydrogen (secondary N) is 1. The second-order valence-electron chi connectivity index (χ2n) is 9.34. The molecule has 3 atom stereocenters. The molecule has 2 aliphatic heterocycles. The highest BCUT2D eigenvalue weighted by molar-refractivity contribution is 5.78. The highest BCUT2D eigenvalue weighted by atomic mass is 19.3. The minimum Gasteiger partial charge on any atom is -0.367 e. The number of rotatable bonds is 3. The Kier molecular flexibility index (Phi) is 5.50. The van der Waals surface area contributed by atoms with Crippen molar-refractivity contribution in [3.8, 4) is 0 Å². The van der Waals surface area contributed by atoms with Gasteiger partial charge >= 0.3 is 0 Å². The quantitative estimate of drug-likeness (QED) is 0.857. The number of fused-ring (bicyclic) bond motifs is 1. The maximum absolute atomic E-state index is 13.8. The summed E-state index contributed by atoms with van der Waals surface area (Å²) in [6.45, 7) is 11.3. The fraction of sp³-hybridized carbons (Fsp3) is 0.800. The van der Waals surface area contributed by atoms with E-state index in [2.05, 4.69) is 10.4 Å². The molecule has 1 N–H and O–H groups in total. The van der Waals surface area contributed by atoms with Crippen LogP contribution in [0.25, 0.3) is 0 Å². The molecule has 7 heteroatoms. The van der Waals surface area contributed by atoms with Crippen LogP contribution in [0.2, 0.25) is 0 Å². The van der Waals surface area contributed by atoms with E-state index in [9.17, 15) is 13.6 Å². The number of halogens is 2. The third-order valence-electron chi connectivity index (χ3n) is 5.77. The van der Waals surface area contributed by atoms with Crippen LogP contribution in [0.3, 0.4) is 0 Å². The van der Waals surface area contributed by atoms with E-state index in [4.69, 9.17) is 0 Å². The van der Waals surface area contributed by atoms with Gasteiger partial charge in [-0.1, -0.05) is 34.6 Å². The molecule has 3 rings (SSSR count). The SMILES string of the molecule is CC(C)C(=O)N1CCCC([C@@H]2C[C@H](C(F)F)n3nc(C(C)(C)C)cc3N2)C1. The average Bonchev–Trinajstić information content (AvgIpc) is 3.04. The van der Waals surface area contributed by atoms with Crippen molar-refractivity contribution in [3.05, 3.63) is 11.8 Å². The fourth-order valence-electron chi connectivity index (χ4n) is 4.15. The maximum atomic E-state index is 13.8. The number of carbonyl (C=O) groups is 1. The number of alkyl halides is 2. The Hall–Kier alpha value is -1.66. The van der Waals surface area contributed by atoms with Crippen LogP contribution < -0.4 is 5.32 Å². The van der Waals surface area contributed by atoms with Gasteiger partial charge in [-0.25, -0.2) is 13.5 Å². The van der Waals surface area contributed by atoms with E-state index in [1.54, 1.807) is 0 Å². The summed E-state index contributed by atoms with van der Waals surface area (Å²) in [6.07, 6.45) is -0.245. The van der Waals surface area contributed by atoms with E-state index in [1.807, 2.05) is 45.6 Å². The Bertz CT molecular complexity index is 680. The van der Waals surface area contributed by atoms with Gasteiger partial charge in [0.15, 0.2) is 0 Å². The van der Waals surface area contributed by atoms with Crippen LogP contribution in [-0.4, -0.2) is 46.1 Å². The highest BCUT2D eigenvalue weighted by Crippen LogP contribution is 2.38. The molecule has 27 heavy (non-hydrogen) atoms. The van der Waals surface area contributed by atoms with Crippen molar-refractivity contribution in [2.24, 2.45) is 11.8 Å². The lowest BCUT2D eigenvalue weighted by molar-refractivity contribution is -0.136. The van der Waals surface area contributed by atoms with Gasteiger partial charge in [0.2, 0.25) is 5.91 Å². The van der Waals surface area contributed by atoms with Crippen molar-refractivity contribution in [1.82, 2.24) is 14.7 Å². The maximum Gasteiger partial charge on any atom is 0.260 e. The van der Waals surface area contributed by atoms with E-state index in [0.717, 1.165) is 25.1 Å². The number of hydrogen-bond donors (Lipinski definition) is 1. The van der Waals surface area contributed by atoms with Gasteiger partial charge in [0.05, 0.1) is 5.69 Å². The molecule has 0 aromatic carbocycles. The minimum absolute atomic E-state index is 0.0346. The van der Waals surface area contributed by atoms with Crippen LogP contribution >= 0.6 is 0 Å². The Labute approximate surface area is 160 Å². The van der Waals surface area contributed by atoms with Crippen molar-refractivity contribution in [2.75, 3.05) is 18.4 Å². The first-order chi connectivity index (χ1) is 12.6. The molecule has 2 aliphatic rings. The number of carbonyl (C=O) groups excluding carboxylic acids is 1. The number of anilines is 1. The van der Waals surface area contributed by atoms with Crippen LogP contribution in [0.15, 0.2) is 6.07 Å². The summed E-state index contributed by atoms with van der Waals surface area (Å²) < 4.78 is 29.1. The molecule has 5 nitrogen and oxygen atoms in total. The molecule has 1 unspecified atom stereocenters. The lowest BCUT2D eigenvalue weighted by atomic mass is 9.85. The minimum atomic E-state index is -2.46. The number of hydrogen-bond acceptors (Lipinski definition) is 3. The fourth-order valence-corrected chi connectivity index (χ4v) is 4.15. The van der Waals surface area contributed by atoms with Crippen molar-refractivity contribution in [3.63, 3.8) is 0 Å². The Morgan fingerprint density at radius 3 is 2.63 bits per heavy atom. The van der Waals surface area contributed by atoms with Gasteiger partial charge in [0, 0.05) is 36.5 Å². The number of aromatic nitrogens is 2. The van der Waals surface area contributed by atoms with Gasteiger partial charge in [-0.3, -0.25) is 4.79 Å². The first-order valence-electron chi connectivity index (χ1n) is 10.0. The van der Waals surface area contributed by atoms with E-state index < -0.39 is 12.5 Å². The Morgan fingerprint density at radius 2 is 2.04 bits per heavy atom. The lowest BCUT2D eigenvalue weighted by Crippen LogP contribution is -2.49. The molecule has 1 aromatic heterocycles. The summed E-state index contributed by atoms with van der Waals surface area (Å²) in [5.41, 5.74) is 0.621. The van der Waals surface area contributed by atoms with E-state index in [-0.39, 0.29) is 29.2 Å². The molecule has 3 heterocycles. The topological polar surface area (TPSA) is 50.2 Å².